The molecule has 1 N–H and O–H groups in total. The minimum atomic E-state index is -4.84. The number of para-hydroxylation sites is 1. The van der Waals surface area contributed by atoms with Crippen molar-refractivity contribution >= 4 is 40.1 Å². The Bertz CT molecular complexity index is 1370. The van der Waals surface area contributed by atoms with Crippen LogP contribution in [-0.4, -0.2) is 35.4 Å². The first-order valence-corrected chi connectivity index (χ1v) is 12.3. The Hall–Kier alpha value is -4.19. The molecule has 8 nitrogen and oxygen atoms in total. The molecule has 3 aromatic rings. The second-order valence-corrected chi connectivity index (χ2v) is 9.41. The van der Waals surface area contributed by atoms with E-state index in [0.29, 0.717) is 16.7 Å². The highest BCUT2D eigenvalue weighted by Gasteiger charge is 2.41. The molecular weight excluding hydrogens is 523 g/mol. The van der Waals surface area contributed by atoms with Crippen molar-refractivity contribution in [3.63, 3.8) is 0 Å². The van der Waals surface area contributed by atoms with Crippen LogP contribution in [0.4, 0.5) is 24.5 Å². The lowest BCUT2D eigenvalue weighted by Gasteiger charge is -2.17. The predicted octanol–water partition coefficient (Wildman–Crippen LogP) is 5.35. The topological polar surface area (TPSA) is 89.5 Å². The second kappa shape index (κ2) is 10.7. The number of thioether (sulfide) groups is 1. The van der Waals surface area contributed by atoms with E-state index in [1.165, 1.54) is 12.1 Å². The number of rotatable bonds is 6. The van der Waals surface area contributed by atoms with Gasteiger partial charge in [0, 0.05) is 12.1 Å². The Morgan fingerprint density at radius 3 is 2.50 bits per heavy atom. The van der Waals surface area contributed by atoms with E-state index >= 15 is 0 Å². The molecule has 0 spiro atoms. The number of ether oxygens (including phenoxy) is 3. The summed E-state index contributed by atoms with van der Waals surface area (Å²) in [7, 11) is 0. The van der Waals surface area contributed by atoms with Gasteiger partial charge in [-0.2, -0.15) is 0 Å². The molecule has 2 amide bonds. The molecule has 2 aliphatic heterocycles. The first-order valence-electron chi connectivity index (χ1n) is 11.4. The zero-order valence-electron chi connectivity index (χ0n) is 19.6. The summed E-state index contributed by atoms with van der Waals surface area (Å²) in [6, 6.07) is 19.3. The SMILES string of the molecule is O=C1C[C@H](SC(=NCc2ccc3c(c2)OCO3)Nc2ccccc2)C(=O)N1c1ccc(OC(F)(F)F)cc1. The summed E-state index contributed by atoms with van der Waals surface area (Å²) >= 11 is 1.11. The van der Waals surface area contributed by atoms with Gasteiger partial charge in [0.2, 0.25) is 18.6 Å². The molecule has 0 aromatic heterocycles. The van der Waals surface area contributed by atoms with Crippen LogP contribution in [0.25, 0.3) is 0 Å². The lowest BCUT2D eigenvalue weighted by Crippen LogP contribution is -2.31. The number of benzene rings is 3. The van der Waals surface area contributed by atoms with Crippen LogP contribution in [-0.2, 0) is 16.1 Å². The van der Waals surface area contributed by atoms with E-state index in [9.17, 15) is 22.8 Å². The van der Waals surface area contributed by atoms with E-state index in [1.807, 2.05) is 42.5 Å². The number of carbonyl (C=O) groups is 2. The lowest BCUT2D eigenvalue weighted by atomic mass is 10.2. The number of nitrogens with one attached hydrogen (secondary N) is 1. The van der Waals surface area contributed by atoms with Gasteiger partial charge in [-0.1, -0.05) is 36.0 Å². The summed E-state index contributed by atoms with van der Waals surface area (Å²) in [6.07, 6.45) is -4.94. The average Bonchev–Trinajstić information content (AvgIpc) is 3.46. The van der Waals surface area contributed by atoms with Crippen molar-refractivity contribution in [1.82, 2.24) is 0 Å². The van der Waals surface area contributed by atoms with Crippen LogP contribution in [0.2, 0.25) is 0 Å². The second-order valence-electron chi connectivity index (χ2n) is 8.22. The minimum absolute atomic E-state index is 0.0934. The maximum absolute atomic E-state index is 13.2. The molecule has 5 rings (SSSR count). The number of carbonyl (C=O) groups excluding carboxylic acids is 2. The van der Waals surface area contributed by atoms with Crippen LogP contribution in [0.1, 0.15) is 12.0 Å². The highest BCUT2D eigenvalue weighted by Crippen LogP contribution is 2.34. The molecule has 1 atom stereocenters. The number of imide groups is 1. The molecule has 12 heteroatoms. The fourth-order valence-corrected chi connectivity index (χ4v) is 4.87. The summed E-state index contributed by atoms with van der Waals surface area (Å²) in [5.74, 6) is -0.122. The maximum atomic E-state index is 13.2. The first kappa shape index (κ1) is 25.5. The maximum Gasteiger partial charge on any atom is 0.573 e. The van der Waals surface area contributed by atoms with Crippen LogP contribution >= 0.6 is 11.8 Å². The van der Waals surface area contributed by atoms with Gasteiger partial charge < -0.3 is 19.5 Å². The Labute approximate surface area is 219 Å². The van der Waals surface area contributed by atoms with E-state index in [1.54, 1.807) is 6.07 Å². The zero-order valence-corrected chi connectivity index (χ0v) is 20.4. The lowest BCUT2D eigenvalue weighted by molar-refractivity contribution is -0.274. The third kappa shape index (κ3) is 6.02. The normalized spacial score (nSPS) is 17.2. The molecule has 0 aliphatic carbocycles. The Morgan fingerprint density at radius 2 is 1.76 bits per heavy atom. The molecule has 1 saturated heterocycles. The van der Waals surface area contributed by atoms with Crippen molar-refractivity contribution in [2.75, 3.05) is 17.0 Å². The Kier molecular flexibility index (Phi) is 7.14. The van der Waals surface area contributed by atoms with Crippen molar-refractivity contribution in [3.05, 3.63) is 78.4 Å². The number of amides is 2. The number of fused-ring (bicyclic) bond motifs is 1. The van der Waals surface area contributed by atoms with Crippen molar-refractivity contribution in [2.45, 2.75) is 24.6 Å². The van der Waals surface area contributed by atoms with E-state index in [0.717, 1.165) is 40.0 Å². The molecule has 0 bridgehead atoms. The van der Waals surface area contributed by atoms with Crippen LogP contribution in [0, 0.1) is 0 Å². The molecule has 0 radical (unpaired) electrons. The molecule has 0 unspecified atom stereocenters. The van der Waals surface area contributed by atoms with Crippen LogP contribution in [0.15, 0.2) is 77.8 Å². The molecule has 196 valence electrons. The smallest absolute Gasteiger partial charge is 0.454 e. The van der Waals surface area contributed by atoms with E-state index in [2.05, 4.69) is 15.0 Å². The van der Waals surface area contributed by atoms with Gasteiger partial charge in [-0.3, -0.25) is 14.6 Å². The number of hydrogen-bond acceptors (Lipinski definition) is 7. The zero-order chi connectivity index (χ0) is 26.7. The first-order chi connectivity index (χ1) is 18.2. The molecule has 3 aromatic carbocycles. The quantitative estimate of drug-likeness (QED) is 0.255. The molecule has 2 heterocycles. The number of amidine groups is 1. The number of anilines is 2. The van der Waals surface area contributed by atoms with Gasteiger partial charge in [0.1, 0.15) is 11.0 Å². The number of halogens is 3. The largest absolute Gasteiger partial charge is 0.573 e. The third-order valence-electron chi connectivity index (χ3n) is 5.55. The monoisotopic (exact) mass is 543 g/mol. The summed E-state index contributed by atoms with van der Waals surface area (Å²) in [5, 5.41) is 2.85. The fraction of sp³-hybridized carbons (Fsp3) is 0.192. The Morgan fingerprint density at radius 1 is 1.03 bits per heavy atom. The van der Waals surface area contributed by atoms with Crippen LogP contribution < -0.4 is 24.4 Å². The molecule has 38 heavy (non-hydrogen) atoms. The van der Waals surface area contributed by atoms with Crippen molar-refractivity contribution in [2.24, 2.45) is 4.99 Å². The van der Waals surface area contributed by atoms with Crippen molar-refractivity contribution in [3.8, 4) is 17.2 Å². The van der Waals surface area contributed by atoms with Gasteiger partial charge in [-0.15, -0.1) is 13.2 Å². The third-order valence-corrected chi connectivity index (χ3v) is 6.66. The minimum Gasteiger partial charge on any atom is -0.454 e. The van der Waals surface area contributed by atoms with Crippen LogP contribution in [0.3, 0.4) is 0 Å². The number of hydrogen-bond donors (Lipinski definition) is 1. The van der Waals surface area contributed by atoms with Crippen molar-refractivity contribution < 1.29 is 37.0 Å². The number of aliphatic imine (C=N–C) groups is 1. The van der Waals surface area contributed by atoms with Crippen molar-refractivity contribution in [1.29, 1.82) is 0 Å². The van der Waals surface area contributed by atoms with Gasteiger partial charge in [-0.05, 0) is 54.1 Å². The summed E-state index contributed by atoms with van der Waals surface area (Å²) in [6.45, 7) is 0.434. The van der Waals surface area contributed by atoms with E-state index in [-0.39, 0.29) is 25.4 Å². The van der Waals surface area contributed by atoms with Gasteiger partial charge in [0.05, 0.1) is 12.2 Å². The fourth-order valence-electron chi connectivity index (χ4n) is 3.85. The highest BCUT2D eigenvalue weighted by molar-refractivity contribution is 8.15. The average molecular weight is 544 g/mol. The van der Waals surface area contributed by atoms with Gasteiger partial charge >= 0.3 is 6.36 Å². The predicted molar refractivity (Wildman–Crippen MR) is 135 cm³/mol. The molecule has 2 aliphatic rings. The van der Waals surface area contributed by atoms with E-state index < -0.39 is 29.2 Å². The van der Waals surface area contributed by atoms with Gasteiger partial charge in [0.25, 0.3) is 0 Å². The van der Waals surface area contributed by atoms with Crippen LogP contribution in [0.5, 0.6) is 17.2 Å². The van der Waals surface area contributed by atoms with Gasteiger partial charge in [-0.25, -0.2) is 4.90 Å². The summed E-state index contributed by atoms with van der Waals surface area (Å²) in [4.78, 5) is 31.5. The molecule has 1 fully saturated rings. The summed E-state index contributed by atoms with van der Waals surface area (Å²) < 4.78 is 52.0. The number of alkyl halides is 3. The molecule has 0 saturated carbocycles. The highest BCUT2D eigenvalue weighted by atomic mass is 32.2. The molecular formula is C26H20F3N3O5S. The van der Waals surface area contributed by atoms with Gasteiger partial charge in [0.15, 0.2) is 16.7 Å². The van der Waals surface area contributed by atoms with E-state index in [4.69, 9.17) is 9.47 Å². The number of nitrogens with zero attached hydrogens (tertiary/aromatic N) is 2. The standard InChI is InChI=1S/C26H20F3N3O5S/c27-26(28,29)37-19-9-7-18(8-10-19)32-23(33)13-22(24(32)34)38-25(31-17-4-2-1-3-5-17)30-14-16-6-11-20-21(12-16)36-15-35-20/h1-12,22H,13-15H2,(H,30,31)/t22-/m0/s1. The Balaban J connectivity index is 1.32. The summed E-state index contributed by atoms with van der Waals surface area (Å²) in [5.41, 5.74) is 1.77.